The number of carboxylic acids is 1. The summed E-state index contributed by atoms with van der Waals surface area (Å²) >= 11 is 0. The minimum absolute atomic E-state index is 0.0205. The molecule has 30 nitrogen and oxygen atoms in total. The lowest BCUT2D eigenvalue weighted by Gasteiger charge is -2.23. The van der Waals surface area contributed by atoms with Crippen LogP contribution in [0.2, 0.25) is 0 Å². The number of aromatic nitrogens is 4. The number of ether oxygens (including phenoxy) is 6. The number of anilines is 2. The van der Waals surface area contributed by atoms with Gasteiger partial charge in [-0.1, -0.05) is 97.1 Å². The lowest BCUT2D eigenvalue weighted by Crippen LogP contribution is -2.54. The molecule has 2 heterocycles. The van der Waals surface area contributed by atoms with Crippen LogP contribution in [0.1, 0.15) is 95.1 Å². The van der Waals surface area contributed by atoms with E-state index in [1.807, 2.05) is 92.0 Å². The normalized spacial score (nSPS) is 12.9. The number of carboxylic acid groups (broad SMARTS) is 1. The van der Waals surface area contributed by atoms with Gasteiger partial charge in [0.25, 0.3) is 11.5 Å². The number of carbonyl (C=O) groups is 8. The molecule has 2 aromatic heterocycles. The highest BCUT2D eigenvalue weighted by molar-refractivity contribution is 5.97. The molecule has 7 amide bonds. The fourth-order valence-electron chi connectivity index (χ4n) is 11.8. The molecule has 3 atom stereocenters. The maximum atomic E-state index is 14.4. The fraction of sp³-hybridized carbons (Fsp3) is 0.397. The number of nitrogens with zero attached hydrogens (tertiary/aromatic N) is 3. The minimum Gasteiger partial charge on any atom is -0.480 e. The summed E-state index contributed by atoms with van der Waals surface area (Å²) in [5, 5.41) is 34.9. The first-order valence-electron chi connectivity index (χ1n) is 34.3. The van der Waals surface area contributed by atoms with Crippen LogP contribution in [0.25, 0.3) is 33.4 Å². The van der Waals surface area contributed by atoms with Crippen LogP contribution in [-0.4, -0.2) is 197 Å². The largest absolute Gasteiger partial charge is 0.480 e. The number of rotatable bonds is 43. The van der Waals surface area contributed by atoms with E-state index < -0.39 is 71.4 Å². The predicted octanol–water partition coefficient (Wildman–Crippen LogP) is 4.39. The number of amides is 7. The Kier molecular flexibility index (Phi) is 29.6. The summed E-state index contributed by atoms with van der Waals surface area (Å²) in [6.07, 6.45) is 0.107. The third-order valence-corrected chi connectivity index (χ3v) is 17.1. The molecule has 2 aliphatic carbocycles. The topological polar surface area (TPSA) is 418 Å². The number of unbranched alkanes of at least 4 members (excludes halogenated alkanes) is 1. The first-order chi connectivity index (χ1) is 50.1. The average molecular weight is 1420 g/mol. The van der Waals surface area contributed by atoms with Crippen molar-refractivity contribution in [1.29, 1.82) is 0 Å². The monoisotopic (exact) mass is 1420 g/mol. The van der Waals surface area contributed by atoms with Crippen LogP contribution in [0.4, 0.5) is 21.2 Å². The van der Waals surface area contributed by atoms with Gasteiger partial charge in [0.1, 0.15) is 31.3 Å². The highest BCUT2D eigenvalue weighted by Crippen LogP contribution is 2.46. The molecule has 3 unspecified atom stereocenters. The first kappa shape index (κ1) is 76.3. The van der Waals surface area contributed by atoms with Crippen molar-refractivity contribution in [3.8, 4) is 22.3 Å². The van der Waals surface area contributed by atoms with Crippen molar-refractivity contribution in [1.82, 2.24) is 62.5 Å². The lowest BCUT2D eigenvalue weighted by atomic mass is 9.98. The Morgan fingerprint density at radius 2 is 1.02 bits per heavy atom. The molecule has 0 aliphatic heterocycles. The average Bonchev–Trinajstić information content (AvgIpc) is 1.63. The van der Waals surface area contributed by atoms with Crippen LogP contribution in [0.3, 0.4) is 0 Å². The van der Waals surface area contributed by atoms with Gasteiger partial charge in [0.15, 0.2) is 11.2 Å². The van der Waals surface area contributed by atoms with Gasteiger partial charge in [-0.15, -0.1) is 0 Å². The number of fused-ring (bicyclic) bond motifs is 7. The molecule has 0 saturated carbocycles. The quantitative estimate of drug-likeness (QED) is 0.0236. The second-order valence-electron chi connectivity index (χ2n) is 24.2. The van der Waals surface area contributed by atoms with Crippen molar-refractivity contribution in [3.05, 3.63) is 171 Å². The van der Waals surface area contributed by atoms with E-state index in [1.165, 1.54) is 18.3 Å². The standard InChI is InChI=1S/C73H88N14O16/c1-75-30-34-98-38-39-101-37-33-78-67(91)60(25-27-62(88)76-31-35-99-40-41-100-36-32-77-63(89)28-26-61(70(94)95)84-66(90)46-21-23-47(24-22-46)80-42-48-43-81-65-64(82-48)69(93)87-71(74)86-65)83-68(92)59(85-73(97)103-45-58-55-18-8-4-14-51(55)52-15-5-9-19-56(52)58)20-10-11-29-79-72(96)102-44-57-53-16-6-2-12-49(53)50-13-3-7-17-54(50)57/h2-9,12-19,21-24,43,57-61,75,80H,10-11,20,25-42,44-45H2,1H3,(H,76,88)(H,77,89)(H,78,91)(H,79,96)(H,83,92)(H,84,90)(H,85,97)(H,94,95)(H3,74,81,86,87,93). The number of nitrogen functional groups attached to an aromatic ring is 1. The number of benzene rings is 5. The molecule has 0 radical (unpaired) electrons. The van der Waals surface area contributed by atoms with E-state index in [0.29, 0.717) is 44.0 Å². The highest BCUT2D eigenvalue weighted by Gasteiger charge is 2.33. The van der Waals surface area contributed by atoms with Gasteiger partial charge in [0.05, 0.1) is 71.3 Å². The summed E-state index contributed by atoms with van der Waals surface area (Å²) in [6, 6.07) is 34.3. The summed E-state index contributed by atoms with van der Waals surface area (Å²) in [5.74, 6) is -4.62. The van der Waals surface area contributed by atoms with Crippen LogP contribution in [0, 0.1) is 0 Å². The van der Waals surface area contributed by atoms with Gasteiger partial charge in [0, 0.05) is 68.7 Å². The fourth-order valence-corrected chi connectivity index (χ4v) is 11.8. The molecule has 5 aromatic carbocycles. The van der Waals surface area contributed by atoms with Gasteiger partial charge in [0.2, 0.25) is 29.6 Å². The van der Waals surface area contributed by atoms with Crippen molar-refractivity contribution in [3.63, 3.8) is 0 Å². The number of alkyl carbamates (subject to hydrolysis) is 2. The van der Waals surface area contributed by atoms with E-state index >= 15 is 0 Å². The van der Waals surface area contributed by atoms with E-state index in [-0.39, 0.29) is 152 Å². The van der Waals surface area contributed by atoms with E-state index in [4.69, 9.17) is 34.2 Å². The molecule has 7 aromatic rings. The van der Waals surface area contributed by atoms with Gasteiger partial charge >= 0.3 is 18.2 Å². The van der Waals surface area contributed by atoms with Crippen molar-refractivity contribution in [2.75, 3.05) is 117 Å². The third kappa shape index (κ3) is 23.0. The van der Waals surface area contributed by atoms with Crippen molar-refractivity contribution in [2.24, 2.45) is 0 Å². The number of hydrogen-bond donors (Lipinski definition) is 12. The number of aliphatic carboxylic acids is 1. The number of nitrogens with two attached hydrogens (primary N) is 1. The van der Waals surface area contributed by atoms with Gasteiger partial charge in [-0.3, -0.25) is 33.8 Å². The number of aromatic amines is 1. The Morgan fingerprint density at radius 1 is 0.524 bits per heavy atom. The van der Waals surface area contributed by atoms with Crippen molar-refractivity contribution < 1.29 is 71.9 Å². The van der Waals surface area contributed by atoms with E-state index in [1.54, 1.807) is 12.1 Å². The van der Waals surface area contributed by atoms with E-state index in [0.717, 1.165) is 44.5 Å². The Hall–Kier alpha value is -10.9. The molecule has 13 N–H and O–H groups in total. The first-order valence-corrected chi connectivity index (χ1v) is 34.3. The maximum Gasteiger partial charge on any atom is 0.407 e. The second kappa shape index (κ2) is 39.9. The molecular formula is C73H88N14O16. The second-order valence-corrected chi connectivity index (χ2v) is 24.2. The van der Waals surface area contributed by atoms with Gasteiger partial charge in [-0.2, -0.15) is 4.98 Å². The molecule has 103 heavy (non-hydrogen) atoms. The van der Waals surface area contributed by atoms with Crippen LogP contribution in [0.15, 0.2) is 132 Å². The lowest BCUT2D eigenvalue weighted by molar-refractivity contribution is -0.139. The van der Waals surface area contributed by atoms with Crippen LogP contribution in [-0.2, 0) is 58.9 Å². The van der Waals surface area contributed by atoms with E-state index in [9.17, 15) is 48.3 Å². The predicted molar refractivity (Wildman–Crippen MR) is 381 cm³/mol. The number of likely N-dealkylation sites (N-methyl/N-ethyl adjacent to an activating group) is 1. The van der Waals surface area contributed by atoms with Crippen LogP contribution < -0.4 is 59.1 Å². The molecule has 546 valence electrons. The zero-order chi connectivity index (χ0) is 72.7. The smallest absolute Gasteiger partial charge is 0.407 e. The molecule has 9 rings (SSSR count). The molecule has 0 bridgehead atoms. The Balaban J connectivity index is 0.692. The zero-order valence-corrected chi connectivity index (χ0v) is 57.3. The molecule has 0 saturated heterocycles. The van der Waals surface area contributed by atoms with E-state index in [2.05, 4.69) is 79.9 Å². The van der Waals surface area contributed by atoms with Crippen molar-refractivity contribution in [2.45, 2.75) is 81.5 Å². The summed E-state index contributed by atoms with van der Waals surface area (Å²) in [7, 11) is 1.82. The summed E-state index contributed by atoms with van der Waals surface area (Å²) < 4.78 is 33.9. The summed E-state index contributed by atoms with van der Waals surface area (Å²) in [6.45, 7) is 3.22. The van der Waals surface area contributed by atoms with Crippen LogP contribution >= 0.6 is 0 Å². The molecule has 30 heteroatoms. The molecule has 0 fully saturated rings. The number of H-pyrrole nitrogens is 1. The summed E-state index contributed by atoms with van der Waals surface area (Å²) in [4.78, 5) is 133. The number of nitrogens with one attached hydrogen (secondary N) is 10. The van der Waals surface area contributed by atoms with Crippen LogP contribution in [0.5, 0.6) is 0 Å². The summed E-state index contributed by atoms with van der Waals surface area (Å²) in [5.41, 5.74) is 14.8. The Labute approximate surface area is 594 Å². The molecule has 2 aliphatic rings. The third-order valence-electron chi connectivity index (χ3n) is 17.1. The molecule has 0 spiro atoms. The highest BCUT2D eigenvalue weighted by atomic mass is 16.6. The Morgan fingerprint density at radius 3 is 1.55 bits per heavy atom. The SMILES string of the molecule is CNCCOCCOCCNC(=O)C(CCC(=O)NCCOCCOCCNC(=O)CCC(NC(=O)c1ccc(NCc2cnc3nc(N)[nH]c(=O)c3n2)cc1)C(=O)O)NC(=O)C(CCCCNC(=O)OCC1c2ccccc2-c2ccccc21)NC(=O)OCC1c2ccccc2-c2ccccc21. The minimum atomic E-state index is -1.36. The zero-order valence-electron chi connectivity index (χ0n) is 57.3. The number of hydrogen-bond acceptors (Lipinski definition) is 21. The van der Waals surface area contributed by atoms with Gasteiger partial charge < -0.3 is 87.1 Å². The Bertz CT molecular complexity index is 4000. The molecular weight excluding hydrogens is 1330 g/mol. The number of carbonyl (C=O) groups excluding carboxylic acids is 7. The maximum absolute atomic E-state index is 14.4. The van der Waals surface area contributed by atoms with Crippen molar-refractivity contribution >= 4 is 70.5 Å². The van der Waals surface area contributed by atoms with Gasteiger partial charge in [-0.05, 0) is 108 Å². The van der Waals surface area contributed by atoms with Gasteiger partial charge in [-0.25, -0.2) is 24.4 Å².